The summed E-state index contributed by atoms with van der Waals surface area (Å²) in [4.78, 5) is 3.58. The normalized spacial score (nSPS) is 17.4. The monoisotopic (exact) mass is 87.0 g/mol. The van der Waals surface area contributed by atoms with E-state index in [2.05, 4.69) is 4.99 Å². The summed E-state index contributed by atoms with van der Waals surface area (Å²) in [6.45, 7) is 0. The second kappa shape index (κ2) is 0.830. The largest absolute Gasteiger partial charge is 0.262 e. The second-order valence-electron chi connectivity index (χ2n) is 0.792. The van der Waals surface area contributed by atoms with E-state index in [1.54, 1.807) is 12.4 Å². The van der Waals surface area contributed by atoms with Gasteiger partial charge in [0.25, 0.3) is 0 Å². The molecule has 0 N–H and O–H groups in total. The van der Waals surface area contributed by atoms with Crippen LogP contribution >= 0.6 is 11.6 Å². The van der Waals surface area contributed by atoms with Crippen molar-refractivity contribution in [2.24, 2.45) is 4.99 Å². The van der Waals surface area contributed by atoms with E-state index in [0.717, 1.165) is 5.03 Å². The molecule has 0 saturated carbocycles. The van der Waals surface area contributed by atoms with E-state index in [0.29, 0.717) is 0 Å². The third-order valence-electron chi connectivity index (χ3n) is 0.396. The Morgan fingerprint density at radius 2 is 2.20 bits per heavy atom. The highest BCUT2D eigenvalue weighted by molar-refractivity contribution is 6.40. The quantitative estimate of drug-likeness (QED) is 0.420. The molecular weight excluding hydrogens is 85.5 g/mol. The van der Waals surface area contributed by atoms with Gasteiger partial charge in [0.2, 0.25) is 0 Å². The molecule has 1 aliphatic heterocycles. The molecule has 1 heterocycles. The van der Waals surface area contributed by atoms with E-state index in [-0.39, 0.29) is 0 Å². The van der Waals surface area contributed by atoms with Gasteiger partial charge in [-0.1, -0.05) is 11.6 Å². The van der Waals surface area contributed by atoms with Crippen LogP contribution in [-0.2, 0) is 0 Å². The summed E-state index contributed by atoms with van der Waals surface area (Å²) in [6.07, 6.45) is 3.20. The lowest BCUT2D eigenvalue weighted by atomic mass is 10.6. The Morgan fingerprint density at radius 3 is 2.20 bits per heavy atom. The van der Waals surface area contributed by atoms with Gasteiger partial charge >= 0.3 is 0 Å². The SMILES string of the molecule is ClC1=CN=C1. The van der Waals surface area contributed by atoms with Gasteiger partial charge in [0.1, 0.15) is 0 Å². The molecule has 0 amide bonds. The fourth-order valence-corrected chi connectivity index (χ4v) is 0.244. The van der Waals surface area contributed by atoms with Crippen molar-refractivity contribution in [1.82, 2.24) is 0 Å². The number of halogens is 1. The molecule has 0 aliphatic carbocycles. The summed E-state index contributed by atoms with van der Waals surface area (Å²) < 4.78 is 0. The Bertz CT molecular complexity index is 93.1. The molecule has 0 aromatic heterocycles. The van der Waals surface area contributed by atoms with Crippen molar-refractivity contribution < 1.29 is 0 Å². The van der Waals surface area contributed by atoms with Crippen LogP contribution in [0.15, 0.2) is 16.2 Å². The molecule has 1 aliphatic rings. The first kappa shape index (κ1) is 2.91. The molecule has 2 heteroatoms. The number of allylic oxidation sites excluding steroid dienone is 1. The first-order valence-corrected chi connectivity index (χ1v) is 1.66. The van der Waals surface area contributed by atoms with Gasteiger partial charge in [0.15, 0.2) is 0 Å². The molecule has 0 saturated heterocycles. The van der Waals surface area contributed by atoms with E-state index < -0.39 is 0 Å². The molecule has 0 radical (unpaired) electrons. The first-order chi connectivity index (χ1) is 2.39. The van der Waals surface area contributed by atoms with E-state index in [1.807, 2.05) is 0 Å². The van der Waals surface area contributed by atoms with Crippen LogP contribution < -0.4 is 0 Å². The molecule has 1 rings (SSSR count). The minimum atomic E-state index is 0.741. The van der Waals surface area contributed by atoms with E-state index in [1.165, 1.54) is 0 Å². The van der Waals surface area contributed by atoms with Crippen molar-refractivity contribution >= 4 is 17.8 Å². The van der Waals surface area contributed by atoms with Crippen LogP contribution in [0, 0.1) is 0 Å². The predicted octanol–water partition coefficient (Wildman–Crippen LogP) is 1.15. The van der Waals surface area contributed by atoms with Gasteiger partial charge in [0, 0.05) is 12.4 Å². The Hall–Kier alpha value is -0.300. The summed E-state index contributed by atoms with van der Waals surface area (Å²) in [5, 5.41) is 0.741. The molecule has 26 valence electrons. The molecule has 0 spiro atoms. The molecule has 0 aromatic carbocycles. The predicted molar refractivity (Wildman–Crippen MR) is 22.4 cm³/mol. The lowest BCUT2D eigenvalue weighted by molar-refractivity contribution is 1.53. The smallest absolute Gasteiger partial charge is 0.0771 e. The summed E-state index contributed by atoms with van der Waals surface area (Å²) in [6, 6.07) is 0. The molecule has 0 unspecified atom stereocenters. The maximum Gasteiger partial charge on any atom is 0.0771 e. The highest BCUT2D eigenvalue weighted by Gasteiger charge is 1.87. The molecule has 5 heavy (non-hydrogen) atoms. The van der Waals surface area contributed by atoms with Crippen molar-refractivity contribution in [2.75, 3.05) is 0 Å². The van der Waals surface area contributed by atoms with Crippen molar-refractivity contribution in [1.29, 1.82) is 0 Å². The maximum absolute atomic E-state index is 5.26. The number of hydrogen-bond acceptors (Lipinski definition) is 1. The lowest BCUT2D eigenvalue weighted by Gasteiger charge is -1.88. The summed E-state index contributed by atoms with van der Waals surface area (Å²) in [5.74, 6) is 0. The zero-order chi connectivity index (χ0) is 3.70. The fraction of sp³-hybridized carbons (Fsp3) is 0. The van der Waals surface area contributed by atoms with Crippen molar-refractivity contribution in [3.05, 3.63) is 11.2 Å². The minimum absolute atomic E-state index is 0.741. The highest BCUT2D eigenvalue weighted by atomic mass is 35.5. The van der Waals surface area contributed by atoms with Crippen molar-refractivity contribution in [3.8, 4) is 0 Å². The van der Waals surface area contributed by atoms with Gasteiger partial charge in [0.05, 0.1) is 5.03 Å². The number of nitrogens with zero attached hydrogens (tertiary/aromatic N) is 1. The molecule has 0 fully saturated rings. The molecule has 1 nitrogen and oxygen atoms in total. The maximum atomic E-state index is 5.26. The minimum Gasteiger partial charge on any atom is -0.262 e. The van der Waals surface area contributed by atoms with Crippen molar-refractivity contribution in [3.63, 3.8) is 0 Å². The van der Waals surface area contributed by atoms with Gasteiger partial charge in [-0.25, -0.2) is 0 Å². The topological polar surface area (TPSA) is 12.4 Å². The average molecular weight is 87.5 g/mol. The standard InChI is InChI=1S/C3H2ClN/c4-3-1-5-2-3/h1-2H. The van der Waals surface area contributed by atoms with Gasteiger partial charge in [-0.3, -0.25) is 4.99 Å². The molecule has 0 bridgehead atoms. The highest BCUT2D eigenvalue weighted by Crippen LogP contribution is 2.03. The Balaban J connectivity index is 2.60. The van der Waals surface area contributed by atoms with Crippen LogP contribution in [0.1, 0.15) is 0 Å². The van der Waals surface area contributed by atoms with Gasteiger partial charge in [-0.2, -0.15) is 0 Å². The van der Waals surface area contributed by atoms with Crippen molar-refractivity contribution in [2.45, 2.75) is 0 Å². The van der Waals surface area contributed by atoms with Gasteiger partial charge in [-0.05, 0) is 0 Å². The van der Waals surface area contributed by atoms with Crippen LogP contribution in [0.3, 0.4) is 0 Å². The number of rotatable bonds is 0. The molecular formula is C3H2ClN. The van der Waals surface area contributed by atoms with E-state index in [9.17, 15) is 0 Å². The van der Waals surface area contributed by atoms with E-state index >= 15 is 0 Å². The first-order valence-electron chi connectivity index (χ1n) is 1.28. The summed E-state index contributed by atoms with van der Waals surface area (Å²) in [5.41, 5.74) is 0. The Labute approximate surface area is 35.0 Å². The Kier molecular flexibility index (Phi) is 0.484. The van der Waals surface area contributed by atoms with Crippen LogP contribution in [0.2, 0.25) is 0 Å². The van der Waals surface area contributed by atoms with Crippen LogP contribution in [-0.4, -0.2) is 6.21 Å². The Morgan fingerprint density at radius 1 is 1.80 bits per heavy atom. The number of aliphatic imine (C=N–C) groups is 1. The lowest BCUT2D eigenvalue weighted by Crippen LogP contribution is -1.79. The number of hydrogen-bond donors (Lipinski definition) is 0. The summed E-state index contributed by atoms with van der Waals surface area (Å²) in [7, 11) is 0. The zero-order valence-corrected chi connectivity index (χ0v) is 3.24. The zero-order valence-electron chi connectivity index (χ0n) is 2.48. The second-order valence-corrected chi connectivity index (χ2v) is 1.23. The van der Waals surface area contributed by atoms with E-state index in [4.69, 9.17) is 11.6 Å². The van der Waals surface area contributed by atoms with Crippen LogP contribution in [0.4, 0.5) is 0 Å². The summed E-state index contributed by atoms with van der Waals surface area (Å²) >= 11 is 5.26. The van der Waals surface area contributed by atoms with Crippen LogP contribution in [0.5, 0.6) is 0 Å². The third kappa shape index (κ3) is 0.329. The molecule has 0 atom stereocenters. The third-order valence-corrected chi connectivity index (χ3v) is 0.591. The fourth-order valence-electron chi connectivity index (χ4n) is 0.131. The van der Waals surface area contributed by atoms with Gasteiger partial charge in [-0.15, -0.1) is 0 Å². The average Bonchev–Trinajstić information content (AvgIpc) is 1.30. The van der Waals surface area contributed by atoms with Crippen LogP contribution in [0.25, 0.3) is 0 Å². The van der Waals surface area contributed by atoms with Gasteiger partial charge < -0.3 is 0 Å². The molecule has 0 aromatic rings.